The van der Waals surface area contributed by atoms with Gasteiger partial charge in [0.2, 0.25) is 5.91 Å². The van der Waals surface area contributed by atoms with E-state index in [2.05, 4.69) is 6.58 Å². The molecule has 0 aliphatic carbocycles. The summed E-state index contributed by atoms with van der Waals surface area (Å²) in [5.41, 5.74) is 5.72. The second-order valence-electron chi connectivity index (χ2n) is 3.59. The zero-order valence-corrected chi connectivity index (χ0v) is 8.61. The topological polar surface area (TPSA) is 55.6 Å². The zero-order valence-electron chi connectivity index (χ0n) is 8.61. The van der Waals surface area contributed by atoms with Crippen LogP contribution in [0.5, 0.6) is 0 Å². The van der Waals surface area contributed by atoms with E-state index in [0.717, 1.165) is 0 Å². The molecule has 0 aromatic heterocycles. The van der Waals surface area contributed by atoms with Crippen molar-refractivity contribution in [2.24, 2.45) is 5.73 Å². The molecule has 0 spiro atoms. The van der Waals surface area contributed by atoms with Crippen LogP contribution in [-0.4, -0.2) is 42.6 Å². The van der Waals surface area contributed by atoms with Gasteiger partial charge in [-0.05, 0) is 13.3 Å². The predicted octanol–water partition coefficient (Wildman–Crippen LogP) is 0.137. The standard InChI is InChI=1S/C10H18N2O2/c1-3-4-9(11)10(13)12-5-6-14-7-8(12)2/h3,8-9H,1,4-7,11H2,2H3. The lowest BCUT2D eigenvalue weighted by molar-refractivity contribution is -0.140. The Balaban J connectivity index is 2.53. The van der Waals surface area contributed by atoms with Gasteiger partial charge in [0.25, 0.3) is 0 Å². The average molecular weight is 198 g/mol. The highest BCUT2D eigenvalue weighted by molar-refractivity contribution is 5.82. The Hall–Kier alpha value is -0.870. The van der Waals surface area contributed by atoms with E-state index in [1.54, 1.807) is 11.0 Å². The monoisotopic (exact) mass is 198 g/mol. The molecule has 1 saturated heterocycles. The molecule has 1 fully saturated rings. The fourth-order valence-corrected chi connectivity index (χ4v) is 1.55. The van der Waals surface area contributed by atoms with E-state index in [-0.39, 0.29) is 11.9 Å². The minimum absolute atomic E-state index is 0.000648. The van der Waals surface area contributed by atoms with Gasteiger partial charge in [0.15, 0.2) is 0 Å². The van der Waals surface area contributed by atoms with Gasteiger partial charge in [-0.2, -0.15) is 0 Å². The maximum atomic E-state index is 11.8. The first kappa shape index (κ1) is 11.2. The lowest BCUT2D eigenvalue weighted by atomic mass is 10.1. The number of hydrogen-bond donors (Lipinski definition) is 1. The fraction of sp³-hybridized carbons (Fsp3) is 0.700. The maximum absolute atomic E-state index is 11.8. The van der Waals surface area contributed by atoms with Gasteiger partial charge in [0.1, 0.15) is 0 Å². The Morgan fingerprint density at radius 2 is 2.57 bits per heavy atom. The van der Waals surface area contributed by atoms with Gasteiger partial charge in [0, 0.05) is 6.54 Å². The second kappa shape index (κ2) is 5.12. The van der Waals surface area contributed by atoms with Crippen LogP contribution in [-0.2, 0) is 9.53 Å². The molecule has 4 nitrogen and oxygen atoms in total. The third-order valence-corrected chi connectivity index (χ3v) is 2.39. The average Bonchev–Trinajstić information content (AvgIpc) is 2.18. The molecule has 1 aliphatic rings. The number of nitrogens with two attached hydrogens (primary N) is 1. The van der Waals surface area contributed by atoms with Crippen LogP contribution in [0.4, 0.5) is 0 Å². The van der Waals surface area contributed by atoms with E-state index in [0.29, 0.717) is 26.2 Å². The molecular weight excluding hydrogens is 180 g/mol. The molecule has 0 saturated carbocycles. The van der Waals surface area contributed by atoms with Gasteiger partial charge in [-0.15, -0.1) is 6.58 Å². The summed E-state index contributed by atoms with van der Waals surface area (Å²) in [5.74, 6) is 0.000648. The molecule has 0 aromatic carbocycles. The molecule has 1 heterocycles. The molecule has 14 heavy (non-hydrogen) atoms. The number of ether oxygens (including phenoxy) is 1. The minimum atomic E-state index is -0.451. The van der Waals surface area contributed by atoms with Gasteiger partial charge in [-0.1, -0.05) is 6.08 Å². The number of rotatable bonds is 3. The van der Waals surface area contributed by atoms with Crippen molar-refractivity contribution in [1.82, 2.24) is 4.90 Å². The summed E-state index contributed by atoms with van der Waals surface area (Å²) in [5, 5.41) is 0. The molecule has 2 atom stereocenters. The van der Waals surface area contributed by atoms with E-state index in [1.165, 1.54) is 0 Å². The first-order chi connectivity index (χ1) is 6.66. The van der Waals surface area contributed by atoms with Gasteiger partial charge in [-0.3, -0.25) is 4.79 Å². The SMILES string of the molecule is C=CCC(N)C(=O)N1CCOCC1C. The number of amides is 1. The minimum Gasteiger partial charge on any atom is -0.377 e. The number of carbonyl (C=O) groups is 1. The summed E-state index contributed by atoms with van der Waals surface area (Å²) in [4.78, 5) is 13.6. The Morgan fingerprint density at radius 1 is 1.86 bits per heavy atom. The van der Waals surface area contributed by atoms with Crippen molar-refractivity contribution in [3.8, 4) is 0 Å². The van der Waals surface area contributed by atoms with Crippen molar-refractivity contribution in [2.75, 3.05) is 19.8 Å². The molecule has 0 aromatic rings. The number of morpholine rings is 1. The molecule has 0 radical (unpaired) electrons. The third kappa shape index (κ3) is 2.56. The number of carbonyl (C=O) groups excluding carboxylic acids is 1. The highest BCUT2D eigenvalue weighted by Gasteiger charge is 2.26. The number of nitrogens with zero attached hydrogens (tertiary/aromatic N) is 1. The van der Waals surface area contributed by atoms with Crippen molar-refractivity contribution >= 4 is 5.91 Å². The van der Waals surface area contributed by atoms with E-state index in [1.807, 2.05) is 6.92 Å². The molecule has 1 amide bonds. The lowest BCUT2D eigenvalue weighted by Gasteiger charge is -2.34. The molecule has 0 bridgehead atoms. The predicted molar refractivity (Wildman–Crippen MR) is 54.8 cm³/mol. The Labute approximate surface area is 84.7 Å². The molecule has 2 N–H and O–H groups in total. The van der Waals surface area contributed by atoms with Crippen LogP contribution >= 0.6 is 0 Å². The van der Waals surface area contributed by atoms with Gasteiger partial charge in [0.05, 0.1) is 25.3 Å². The van der Waals surface area contributed by atoms with Crippen LogP contribution in [0.3, 0.4) is 0 Å². The zero-order chi connectivity index (χ0) is 10.6. The highest BCUT2D eigenvalue weighted by atomic mass is 16.5. The van der Waals surface area contributed by atoms with Crippen molar-refractivity contribution in [2.45, 2.75) is 25.4 Å². The summed E-state index contributed by atoms with van der Waals surface area (Å²) in [6.45, 7) is 7.40. The first-order valence-corrected chi connectivity index (χ1v) is 4.91. The Morgan fingerprint density at radius 3 is 3.14 bits per heavy atom. The van der Waals surface area contributed by atoms with E-state index >= 15 is 0 Å². The van der Waals surface area contributed by atoms with Crippen molar-refractivity contribution < 1.29 is 9.53 Å². The molecule has 2 unspecified atom stereocenters. The second-order valence-corrected chi connectivity index (χ2v) is 3.59. The van der Waals surface area contributed by atoms with Crippen LogP contribution in [0.1, 0.15) is 13.3 Å². The first-order valence-electron chi connectivity index (χ1n) is 4.91. The van der Waals surface area contributed by atoms with Crippen LogP contribution in [0.25, 0.3) is 0 Å². The van der Waals surface area contributed by atoms with Crippen LogP contribution in [0.15, 0.2) is 12.7 Å². The molecule has 1 rings (SSSR count). The molecule has 80 valence electrons. The van der Waals surface area contributed by atoms with Crippen molar-refractivity contribution in [3.05, 3.63) is 12.7 Å². The number of hydrogen-bond acceptors (Lipinski definition) is 3. The summed E-state index contributed by atoms with van der Waals surface area (Å²) in [7, 11) is 0. The smallest absolute Gasteiger partial charge is 0.240 e. The summed E-state index contributed by atoms with van der Waals surface area (Å²) < 4.78 is 5.25. The summed E-state index contributed by atoms with van der Waals surface area (Å²) >= 11 is 0. The Kier molecular flexibility index (Phi) is 4.10. The van der Waals surface area contributed by atoms with E-state index in [9.17, 15) is 4.79 Å². The van der Waals surface area contributed by atoms with Gasteiger partial charge >= 0.3 is 0 Å². The maximum Gasteiger partial charge on any atom is 0.240 e. The van der Waals surface area contributed by atoms with Crippen LogP contribution in [0.2, 0.25) is 0 Å². The van der Waals surface area contributed by atoms with Crippen LogP contribution in [0, 0.1) is 0 Å². The van der Waals surface area contributed by atoms with Crippen molar-refractivity contribution in [1.29, 1.82) is 0 Å². The largest absolute Gasteiger partial charge is 0.377 e. The van der Waals surface area contributed by atoms with E-state index in [4.69, 9.17) is 10.5 Å². The normalized spacial score (nSPS) is 24.4. The molecular formula is C10H18N2O2. The summed E-state index contributed by atoms with van der Waals surface area (Å²) in [6.07, 6.45) is 2.20. The molecule has 4 heteroatoms. The van der Waals surface area contributed by atoms with Gasteiger partial charge < -0.3 is 15.4 Å². The highest BCUT2D eigenvalue weighted by Crippen LogP contribution is 2.08. The fourth-order valence-electron chi connectivity index (χ4n) is 1.55. The quantitative estimate of drug-likeness (QED) is 0.656. The van der Waals surface area contributed by atoms with Crippen molar-refractivity contribution in [3.63, 3.8) is 0 Å². The van der Waals surface area contributed by atoms with E-state index < -0.39 is 6.04 Å². The molecule has 1 aliphatic heterocycles. The Bertz CT molecular complexity index is 218. The van der Waals surface area contributed by atoms with Gasteiger partial charge in [-0.25, -0.2) is 0 Å². The lowest BCUT2D eigenvalue weighted by Crippen LogP contribution is -2.52. The van der Waals surface area contributed by atoms with Crippen LogP contribution < -0.4 is 5.73 Å². The summed E-state index contributed by atoms with van der Waals surface area (Å²) in [6, 6.07) is -0.319. The third-order valence-electron chi connectivity index (χ3n) is 2.39.